The van der Waals surface area contributed by atoms with Crippen molar-refractivity contribution in [2.45, 2.75) is 13.3 Å². The number of rotatable bonds is 5. The number of hydrogen-bond donors (Lipinski definition) is 1. The largest absolute Gasteiger partial charge is 0.493 e. The van der Waals surface area contributed by atoms with Gasteiger partial charge in [0, 0.05) is 0 Å². The van der Waals surface area contributed by atoms with Crippen LogP contribution in [0, 0.1) is 12.7 Å². The van der Waals surface area contributed by atoms with Crippen molar-refractivity contribution in [1.29, 1.82) is 0 Å². The molecule has 21 heavy (non-hydrogen) atoms. The van der Waals surface area contributed by atoms with Crippen LogP contribution in [0.2, 0.25) is 5.02 Å². The third kappa shape index (κ3) is 4.76. The summed E-state index contributed by atoms with van der Waals surface area (Å²) in [5.41, 5.74) is 1.60. The monoisotopic (exact) mass is 307 g/mol. The van der Waals surface area contributed by atoms with Gasteiger partial charge in [-0.25, -0.2) is 4.39 Å². The summed E-state index contributed by atoms with van der Waals surface area (Å²) in [6.45, 7) is 2.13. The maximum absolute atomic E-state index is 12.7. The zero-order valence-corrected chi connectivity index (χ0v) is 12.3. The lowest BCUT2D eigenvalue weighted by Gasteiger charge is -2.09. The van der Waals surface area contributed by atoms with Crippen LogP contribution in [0.25, 0.3) is 0 Å². The minimum absolute atomic E-state index is 0.182. The van der Waals surface area contributed by atoms with E-state index in [1.807, 2.05) is 13.0 Å². The number of halogens is 2. The van der Waals surface area contributed by atoms with Crippen molar-refractivity contribution in [3.05, 3.63) is 58.9 Å². The summed E-state index contributed by atoms with van der Waals surface area (Å²) in [5, 5.41) is 3.22. The van der Waals surface area contributed by atoms with E-state index in [0.29, 0.717) is 16.5 Å². The van der Waals surface area contributed by atoms with Crippen molar-refractivity contribution in [1.82, 2.24) is 0 Å². The number of anilines is 1. The molecule has 0 aliphatic heterocycles. The Morgan fingerprint density at radius 3 is 2.62 bits per heavy atom. The summed E-state index contributed by atoms with van der Waals surface area (Å²) in [7, 11) is 0. The molecule has 0 fully saturated rings. The molecule has 3 nitrogen and oxygen atoms in total. The van der Waals surface area contributed by atoms with Crippen molar-refractivity contribution in [2.24, 2.45) is 0 Å². The molecule has 110 valence electrons. The Hall–Kier alpha value is -2.07. The maximum Gasteiger partial charge on any atom is 0.227 e. The molecule has 2 rings (SSSR count). The second-order valence-corrected chi connectivity index (χ2v) is 4.99. The maximum atomic E-state index is 12.7. The normalized spacial score (nSPS) is 10.2. The van der Waals surface area contributed by atoms with Gasteiger partial charge in [0.15, 0.2) is 0 Å². The third-order valence-corrected chi connectivity index (χ3v) is 3.12. The number of nitrogens with one attached hydrogen (secondary N) is 1. The average Bonchev–Trinajstić information content (AvgIpc) is 2.44. The first kappa shape index (κ1) is 15.3. The van der Waals surface area contributed by atoms with Crippen molar-refractivity contribution in [3.63, 3.8) is 0 Å². The molecule has 2 aromatic carbocycles. The number of ether oxygens (including phenoxy) is 1. The first-order valence-electron chi connectivity index (χ1n) is 6.49. The van der Waals surface area contributed by atoms with Crippen LogP contribution in [0.4, 0.5) is 10.1 Å². The van der Waals surface area contributed by atoms with Gasteiger partial charge < -0.3 is 10.1 Å². The van der Waals surface area contributed by atoms with Crippen LogP contribution in [-0.2, 0) is 4.79 Å². The van der Waals surface area contributed by atoms with Gasteiger partial charge in [0.25, 0.3) is 0 Å². The highest BCUT2D eigenvalue weighted by atomic mass is 35.5. The standard InChI is InChI=1S/C16H15ClFNO2/c1-11-2-7-15(14(17)10-11)19-16(20)8-9-21-13-5-3-12(18)4-6-13/h2-7,10H,8-9H2,1H3,(H,19,20). The molecule has 0 bridgehead atoms. The van der Waals surface area contributed by atoms with E-state index in [-0.39, 0.29) is 24.8 Å². The van der Waals surface area contributed by atoms with Gasteiger partial charge in [0.2, 0.25) is 5.91 Å². The molecule has 0 aliphatic carbocycles. The molecule has 0 unspecified atom stereocenters. The fraction of sp³-hybridized carbons (Fsp3) is 0.188. The van der Waals surface area contributed by atoms with E-state index < -0.39 is 0 Å². The Morgan fingerprint density at radius 1 is 1.24 bits per heavy atom. The smallest absolute Gasteiger partial charge is 0.227 e. The summed E-state index contributed by atoms with van der Waals surface area (Å²) in [6, 6.07) is 11.1. The van der Waals surface area contributed by atoms with Crippen LogP contribution < -0.4 is 10.1 Å². The molecule has 0 saturated heterocycles. The molecule has 5 heteroatoms. The second kappa shape index (κ2) is 7.09. The van der Waals surface area contributed by atoms with Crippen molar-refractivity contribution >= 4 is 23.2 Å². The second-order valence-electron chi connectivity index (χ2n) is 4.58. The lowest BCUT2D eigenvalue weighted by molar-refractivity contribution is -0.116. The molecule has 1 N–H and O–H groups in total. The summed E-state index contributed by atoms with van der Waals surface area (Å²) in [5.74, 6) is 0.00883. The summed E-state index contributed by atoms with van der Waals surface area (Å²) >= 11 is 6.04. The zero-order chi connectivity index (χ0) is 15.2. The molecule has 1 amide bonds. The Bertz CT molecular complexity index is 629. The minimum Gasteiger partial charge on any atom is -0.493 e. The minimum atomic E-state index is -0.325. The van der Waals surface area contributed by atoms with Crippen LogP contribution in [0.5, 0.6) is 5.75 Å². The van der Waals surface area contributed by atoms with Gasteiger partial charge in [-0.05, 0) is 48.9 Å². The Balaban J connectivity index is 1.81. The van der Waals surface area contributed by atoms with E-state index >= 15 is 0 Å². The topological polar surface area (TPSA) is 38.3 Å². The fourth-order valence-corrected chi connectivity index (χ4v) is 2.01. The van der Waals surface area contributed by atoms with E-state index in [0.717, 1.165) is 5.56 Å². The third-order valence-electron chi connectivity index (χ3n) is 2.81. The number of aryl methyl sites for hydroxylation is 1. The predicted molar refractivity (Wildman–Crippen MR) is 81.3 cm³/mol. The first-order chi connectivity index (χ1) is 10.0. The van der Waals surface area contributed by atoms with Gasteiger partial charge in [0.1, 0.15) is 11.6 Å². The summed E-state index contributed by atoms with van der Waals surface area (Å²) in [6.07, 6.45) is 0.182. The Labute approximate surface area is 127 Å². The molecule has 0 atom stereocenters. The summed E-state index contributed by atoms with van der Waals surface area (Å²) in [4.78, 5) is 11.8. The first-order valence-corrected chi connectivity index (χ1v) is 6.87. The number of hydrogen-bond acceptors (Lipinski definition) is 2. The zero-order valence-electron chi connectivity index (χ0n) is 11.5. The SMILES string of the molecule is Cc1ccc(NC(=O)CCOc2ccc(F)cc2)c(Cl)c1. The highest BCUT2D eigenvalue weighted by molar-refractivity contribution is 6.33. The molecule has 0 radical (unpaired) electrons. The van der Waals surface area contributed by atoms with Gasteiger partial charge >= 0.3 is 0 Å². The molecule has 0 aliphatic rings. The van der Waals surface area contributed by atoms with E-state index in [9.17, 15) is 9.18 Å². The van der Waals surface area contributed by atoms with E-state index in [2.05, 4.69) is 5.32 Å². The van der Waals surface area contributed by atoms with Gasteiger partial charge in [-0.1, -0.05) is 17.7 Å². The van der Waals surface area contributed by atoms with Gasteiger partial charge in [-0.3, -0.25) is 4.79 Å². The number of amides is 1. The van der Waals surface area contributed by atoms with Crippen LogP contribution >= 0.6 is 11.6 Å². The Kier molecular flexibility index (Phi) is 5.17. The van der Waals surface area contributed by atoms with E-state index in [4.69, 9.17) is 16.3 Å². The summed E-state index contributed by atoms with van der Waals surface area (Å²) < 4.78 is 18.1. The molecular weight excluding hydrogens is 293 g/mol. The van der Waals surface area contributed by atoms with E-state index in [1.54, 1.807) is 12.1 Å². The van der Waals surface area contributed by atoms with Gasteiger partial charge in [0.05, 0.1) is 23.7 Å². The number of benzene rings is 2. The predicted octanol–water partition coefficient (Wildman–Crippen LogP) is 4.20. The van der Waals surface area contributed by atoms with Crippen molar-refractivity contribution in [2.75, 3.05) is 11.9 Å². The quantitative estimate of drug-likeness (QED) is 0.899. The van der Waals surface area contributed by atoms with E-state index in [1.165, 1.54) is 24.3 Å². The highest BCUT2D eigenvalue weighted by Crippen LogP contribution is 2.22. The molecule has 0 spiro atoms. The average molecular weight is 308 g/mol. The van der Waals surface area contributed by atoms with Gasteiger partial charge in [-0.15, -0.1) is 0 Å². The van der Waals surface area contributed by atoms with Crippen LogP contribution in [0.1, 0.15) is 12.0 Å². The lowest BCUT2D eigenvalue weighted by Crippen LogP contribution is -2.15. The van der Waals surface area contributed by atoms with Crippen LogP contribution in [0.3, 0.4) is 0 Å². The number of carbonyl (C=O) groups is 1. The lowest BCUT2D eigenvalue weighted by atomic mass is 10.2. The van der Waals surface area contributed by atoms with Crippen LogP contribution in [0.15, 0.2) is 42.5 Å². The molecule has 2 aromatic rings. The molecule has 0 aromatic heterocycles. The molecule has 0 saturated carbocycles. The molecule has 0 heterocycles. The van der Waals surface area contributed by atoms with Gasteiger partial charge in [-0.2, -0.15) is 0 Å². The van der Waals surface area contributed by atoms with Crippen molar-refractivity contribution in [3.8, 4) is 5.75 Å². The molecular formula is C16H15ClFNO2. The van der Waals surface area contributed by atoms with Crippen molar-refractivity contribution < 1.29 is 13.9 Å². The van der Waals surface area contributed by atoms with Crippen LogP contribution in [-0.4, -0.2) is 12.5 Å². The highest BCUT2D eigenvalue weighted by Gasteiger charge is 2.06. The number of carbonyl (C=O) groups excluding carboxylic acids is 1. The Morgan fingerprint density at radius 2 is 1.95 bits per heavy atom. The fourth-order valence-electron chi connectivity index (χ4n) is 1.73.